The quantitative estimate of drug-likeness (QED) is 0.569. The van der Waals surface area contributed by atoms with Gasteiger partial charge in [-0.05, 0) is 26.0 Å². The first-order chi connectivity index (χ1) is 13.9. The minimum atomic E-state index is -0.0379. The van der Waals surface area contributed by atoms with Crippen LogP contribution in [-0.4, -0.2) is 45.9 Å². The van der Waals surface area contributed by atoms with Gasteiger partial charge in [0.15, 0.2) is 11.5 Å². The number of carbonyl (C=O) groups excluding carboxylic acids is 1. The minimum Gasteiger partial charge on any atom is -0.377 e. The fraction of sp³-hybridized carbons (Fsp3) is 0.429. The maximum atomic E-state index is 11.7. The van der Waals surface area contributed by atoms with E-state index >= 15 is 0 Å². The van der Waals surface area contributed by atoms with E-state index in [1.165, 1.54) is 5.56 Å². The number of nitrogens with zero attached hydrogens (tertiary/aromatic N) is 4. The van der Waals surface area contributed by atoms with E-state index in [4.69, 9.17) is 9.84 Å². The normalized spacial score (nSPS) is 11.2. The van der Waals surface area contributed by atoms with E-state index in [2.05, 4.69) is 27.5 Å². The molecule has 2 N–H and O–H groups in total. The lowest BCUT2D eigenvalue weighted by Gasteiger charge is -2.11. The zero-order valence-corrected chi connectivity index (χ0v) is 17.6. The summed E-state index contributed by atoms with van der Waals surface area (Å²) < 4.78 is 7.07. The van der Waals surface area contributed by atoms with Gasteiger partial charge in [-0.3, -0.25) is 4.79 Å². The summed E-state index contributed by atoms with van der Waals surface area (Å²) in [6.45, 7) is 9.09. The molecular weight excluding hydrogens is 368 g/mol. The van der Waals surface area contributed by atoms with Crippen LogP contribution >= 0.6 is 0 Å². The van der Waals surface area contributed by atoms with E-state index in [1.807, 2.05) is 49.7 Å². The topological polar surface area (TPSA) is 94.0 Å². The van der Waals surface area contributed by atoms with E-state index in [0.717, 1.165) is 22.4 Å². The average Bonchev–Trinajstić information content (AvgIpc) is 3.02. The Bertz CT molecular complexity index is 995. The van der Waals surface area contributed by atoms with Crippen LogP contribution in [0.3, 0.4) is 0 Å². The van der Waals surface area contributed by atoms with Crippen molar-refractivity contribution in [3.8, 4) is 5.69 Å². The SMILES string of the molecule is COCc1nc(NCCNC(=O)C(C)C)c2c(C)nn(-c3ccc(C)cc3)c2n1. The Labute approximate surface area is 170 Å². The fourth-order valence-electron chi connectivity index (χ4n) is 2.99. The molecule has 0 aliphatic carbocycles. The summed E-state index contributed by atoms with van der Waals surface area (Å²) in [5.41, 5.74) is 3.67. The van der Waals surface area contributed by atoms with Crippen molar-refractivity contribution in [2.45, 2.75) is 34.3 Å². The van der Waals surface area contributed by atoms with Gasteiger partial charge >= 0.3 is 0 Å². The third kappa shape index (κ3) is 4.71. The smallest absolute Gasteiger partial charge is 0.222 e. The molecule has 0 aliphatic rings. The minimum absolute atomic E-state index is 0.0306. The van der Waals surface area contributed by atoms with Crippen LogP contribution < -0.4 is 10.6 Å². The Hall–Kier alpha value is -3.00. The first kappa shape index (κ1) is 20.7. The summed E-state index contributed by atoms with van der Waals surface area (Å²) in [5.74, 6) is 1.26. The number of rotatable bonds is 8. The Morgan fingerprint density at radius 2 is 1.86 bits per heavy atom. The van der Waals surface area contributed by atoms with E-state index < -0.39 is 0 Å². The molecule has 8 heteroatoms. The van der Waals surface area contributed by atoms with E-state index in [1.54, 1.807) is 7.11 Å². The molecular formula is C21H28N6O2. The highest BCUT2D eigenvalue weighted by Gasteiger charge is 2.17. The Morgan fingerprint density at radius 1 is 1.14 bits per heavy atom. The van der Waals surface area contributed by atoms with Crippen LogP contribution in [0.25, 0.3) is 16.7 Å². The number of benzene rings is 1. The Morgan fingerprint density at radius 3 is 2.52 bits per heavy atom. The summed E-state index contributed by atoms with van der Waals surface area (Å²) in [4.78, 5) is 21.0. The zero-order chi connectivity index (χ0) is 21.0. The summed E-state index contributed by atoms with van der Waals surface area (Å²) in [6.07, 6.45) is 0. The van der Waals surface area contributed by atoms with Crippen molar-refractivity contribution in [2.75, 3.05) is 25.5 Å². The lowest BCUT2D eigenvalue weighted by Crippen LogP contribution is -2.32. The Balaban J connectivity index is 1.94. The first-order valence-electron chi connectivity index (χ1n) is 9.74. The highest BCUT2D eigenvalue weighted by molar-refractivity contribution is 5.90. The van der Waals surface area contributed by atoms with Crippen LogP contribution in [0.15, 0.2) is 24.3 Å². The van der Waals surface area contributed by atoms with Crippen LogP contribution in [0.4, 0.5) is 5.82 Å². The predicted molar refractivity (Wildman–Crippen MR) is 113 cm³/mol. The van der Waals surface area contributed by atoms with Gasteiger partial charge in [-0.1, -0.05) is 31.5 Å². The van der Waals surface area contributed by atoms with E-state index in [-0.39, 0.29) is 11.8 Å². The van der Waals surface area contributed by atoms with Gasteiger partial charge in [-0.2, -0.15) is 5.10 Å². The molecule has 2 aromatic heterocycles. The largest absolute Gasteiger partial charge is 0.377 e. The molecule has 8 nitrogen and oxygen atoms in total. The van der Waals surface area contributed by atoms with Crippen molar-refractivity contribution in [1.29, 1.82) is 0 Å². The molecule has 0 spiro atoms. The van der Waals surface area contributed by atoms with Crippen molar-refractivity contribution >= 4 is 22.8 Å². The van der Waals surface area contributed by atoms with Gasteiger partial charge in [0, 0.05) is 26.1 Å². The van der Waals surface area contributed by atoms with Crippen LogP contribution in [0.2, 0.25) is 0 Å². The predicted octanol–water partition coefficient (Wildman–Crippen LogP) is 2.76. The third-order valence-corrected chi connectivity index (χ3v) is 4.54. The number of aryl methyl sites for hydroxylation is 2. The second-order valence-corrected chi connectivity index (χ2v) is 7.33. The number of anilines is 1. The van der Waals surface area contributed by atoms with E-state index in [9.17, 15) is 4.79 Å². The molecule has 1 amide bonds. The number of methoxy groups -OCH3 is 1. The molecule has 0 radical (unpaired) electrons. The maximum absolute atomic E-state index is 11.7. The summed E-state index contributed by atoms with van der Waals surface area (Å²) in [6, 6.07) is 8.14. The van der Waals surface area contributed by atoms with Crippen molar-refractivity contribution < 1.29 is 9.53 Å². The molecule has 0 atom stereocenters. The van der Waals surface area contributed by atoms with E-state index in [0.29, 0.717) is 31.3 Å². The Kier molecular flexibility index (Phi) is 6.43. The van der Waals surface area contributed by atoms with Crippen LogP contribution in [-0.2, 0) is 16.1 Å². The molecule has 0 aliphatic heterocycles. The molecule has 154 valence electrons. The summed E-state index contributed by atoms with van der Waals surface area (Å²) in [7, 11) is 1.62. The first-order valence-corrected chi connectivity index (χ1v) is 9.74. The summed E-state index contributed by atoms with van der Waals surface area (Å²) >= 11 is 0. The van der Waals surface area contributed by atoms with Gasteiger partial charge in [0.05, 0.1) is 16.8 Å². The molecule has 3 rings (SSSR count). The lowest BCUT2D eigenvalue weighted by molar-refractivity contribution is -0.123. The van der Waals surface area contributed by atoms with Crippen molar-refractivity contribution in [3.05, 3.63) is 41.3 Å². The van der Waals surface area contributed by atoms with Gasteiger partial charge in [0.2, 0.25) is 5.91 Å². The monoisotopic (exact) mass is 396 g/mol. The number of hydrogen-bond acceptors (Lipinski definition) is 6. The molecule has 3 aromatic rings. The van der Waals surface area contributed by atoms with Gasteiger partial charge in [-0.15, -0.1) is 0 Å². The number of aromatic nitrogens is 4. The summed E-state index contributed by atoms with van der Waals surface area (Å²) in [5, 5.41) is 11.8. The molecule has 0 fully saturated rings. The number of fused-ring (bicyclic) bond motifs is 1. The third-order valence-electron chi connectivity index (χ3n) is 4.54. The standard InChI is InChI=1S/C21H28N6O2/c1-13(2)21(28)23-11-10-22-19-18-15(4)26-27(16-8-6-14(3)7-9-16)20(18)25-17(24-19)12-29-5/h6-9,13H,10-12H2,1-5H3,(H,23,28)(H,22,24,25). The zero-order valence-electron chi connectivity index (χ0n) is 17.6. The molecule has 0 unspecified atom stereocenters. The van der Waals surface area contributed by atoms with Gasteiger partial charge in [0.1, 0.15) is 12.4 Å². The molecule has 2 heterocycles. The highest BCUT2D eigenvalue weighted by atomic mass is 16.5. The molecule has 0 bridgehead atoms. The number of amides is 1. The van der Waals surface area contributed by atoms with Crippen LogP contribution in [0.5, 0.6) is 0 Å². The number of carbonyl (C=O) groups is 1. The lowest BCUT2D eigenvalue weighted by atomic mass is 10.2. The second kappa shape index (κ2) is 9.00. The highest BCUT2D eigenvalue weighted by Crippen LogP contribution is 2.26. The maximum Gasteiger partial charge on any atom is 0.222 e. The average molecular weight is 396 g/mol. The van der Waals surface area contributed by atoms with Crippen LogP contribution in [0.1, 0.15) is 30.9 Å². The van der Waals surface area contributed by atoms with Crippen LogP contribution in [0, 0.1) is 19.8 Å². The second-order valence-electron chi connectivity index (χ2n) is 7.33. The van der Waals surface area contributed by atoms with Gasteiger partial charge in [0.25, 0.3) is 0 Å². The van der Waals surface area contributed by atoms with Gasteiger partial charge in [-0.25, -0.2) is 14.6 Å². The molecule has 0 saturated carbocycles. The van der Waals surface area contributed by atoms with Crippen molar-refractivity contribution in [1.82, 2.24) is 25.1 Å². The fourth-order valence-corrected chi connectivity index (χ4v) is 2.99. The molecule has 1 aromatic carbocycles. The molecule has 29 heavy (non-hydrogen) atoms. The number of ether oxygens (including phenoxy) is 1. The number of hydrogen-bond donors (Lipinski definition) is 2. The molecule has 0 saturated heterocycles. The number of nitrogens with one attached hydrogen (secondary N) is 2. The van der Waals surface area contributed by atoms with Crippen molar-refractivity contribution in [2.24, 2.45) is 5.92 Å². The van der Waals surface area contributed by atoms with Gasteiger partial charge < -0.3 is 15.4 Å². The van der Waals surface area contributed by atoms with Crippen molar-refractivity contribution in [3.63, 3.8) is 0 Å².